The van der Waals surface area contributed by atoms with Crippen LogP contribution in [0.25, 0.3) is 215 Å². The molecule has 0 saturated carbocycles. The molecule has 0 aliphatic carbocycles. The van der Waals surface area contributed by atoms with Crippen molar-refractivity contribution in [2.45, 2.75) is 0 Å². The molecule has 14 aromatic carbocycles. The van der Waals surface area contributed by atoms with E-state index in [9.17, 15) is 0 Å². The van der Waals surface area contributed by atoms with Gasteiger partial charge in [0.2, 0.25) is 0 Å². The third kappa shape index (κ3) is 9.63. The fraction of sp³-hybridized carbons (Fsp3) is 0. The van der Waals surface area contributed by atoms with Crippen molar-refractivity contribution in [3.63, 3.8) is 0 Å². The first-order valence-electron chi connectivity index (χ1n) is 34.0. The Kier molecular flexibility index (Phi) is 13.6. The maximum Gasteiger partial charge on any atom is 0.160 e. The maximum atomic E-state index is 6.43. The molecule has 0 radical (unpaired) electrons. The van der Waals surface area contributed by atoms with E-state index in [4.69, 9.17) is 28.8 Å². The van der Waals surface area contributed by atoms with Gasteiger partial charge in [-0.25, -0.2) is 19.9 Å². The van der Waals surface area contributed by atoms with Gasteiger partial charge >= 0.3 is 0 Å². The normalized spacial score (nSPS) is 11.9. The van der Waals surface area contributed by atoms with E-state index < -0.39 is 0 Å². The molecule has 8 aromatic heterocycles. The standard InChI is InChI=1S/C46H26N2O2S.C46H26N2S3/c2*1-4-22-38-33(15-1)35-20-9-18-31(43(35)49-38)27-11-7-13-29(25-27)41-45-42(37-17-3-6-24-40(37)51-45)48-46(47-41)30-14-8-12-28(26-30)32-19-10-21-36-34-16-2-5-23-39(34)50-44(32)36/h2*1-26H. The summed E-state index contributed by atoms with van der Waals surface area (Å²) in [6.45, 7) is 0. The number of aromatic nitrogens is 4. The lowest BCUT2D eigenvalue weighted by Crippen LogP contribution is -1.94. The molecule has 0 aliphatic heterocycles. The smallest absolute Gasteiger partial charge is 0.160 e. The van der Waals surface area contributed by atoms with Crippen molar-refractivity contribution in [3.05, 3.63) is 315 Å². The minimum atomic E-state index is 0.685. The number of thiophene rings is 4. The van der Waals surface area contributed by atoms with Crippen LogP contribution >= 0.6 is 45.3 Å². The molecule has 0 amide bonds. The average Bonchev–Trinajstić information content (AvgIpc) is 1.54. The molecule has 0 bridgehead atoms. The summed E-state index contributed by atoms with van der Waals surface area (Å²) in [5.41, 5.74) is 20.6. The molecule has 0 spiro atoms. The van der Waals surface area contributed by atoms with Gasteiger partial charge < -0.3 is 8.83 Å². The monoisotopic (exact) mass is 1370 g/mol. The molecular weight excluding hydrogens is 1320 g/mol. The summed E-state index contributed by atoms with van der Waals surface area (Å²) in [5.74, 6) is 1.42. The van der Waals surface area contributed by atoms with Gasteiger partial charge in [-0.3, -0.25) is 0 Å². The van der Waals surface area contributed by atoms with Crippen LogP contribution in [0.5, 0.6) is 0 Å². The zero-order chi connectivity index (χ0) is 66.9. The van der Waals surface area contributed by atoms with Crippen LogP contribution in [0, 0.1) is 0 Å². The molecule has 0 N–H and O–H groups in total. The van der Waals surface area contributed by atoms with Crippen molar-refractivity contribution in [3.8, 4) is 89.8 Å². The molecule has 0 atom stereocenters. The summed E-state index contributed by atoms with van der Waals surface area (Å²) < 4.78 is 22.7. The Morgan fingerprint density at radius 3 is 0.931 bits per heavy atom. The minimum Gasteiger partial charge on any atom is -0.455 e. The van der Waals surface area contributed by atoms with Gasteiger partial charge in [0.25, 0.3) is 0 Å². The van der Waals surface area contributed by atoms with Crippen LogP contribution in [0.15, 0.2) is 324 Å². The third-order valence-corrected chi connectivity index (χ3v) is 24.6. The van der Waals surface area contributed by atoms with Crippen LogP contribution < -0.4 is 0 Å². The van der Waals surface area contributed by atoms with Gasteiger partial charge in [-0.15, -0.1) is 45.3 Å². The molecule has 0 aliphatic rings. The highest BCUT2D eigenvalue weighted by Crippen LogP contribution is 2.47. The molecule has 6 nitrogen and oxygen atoms in total. The van der Waals surface area contributed by atoms with Crippen LogP contribution in [-0.4, -0.2) is 19.9 Å². The Morgan fingerprint density at radius 2 is 0.500 bits per heavy atom. The highest BCUT2D eigenvalue weighted by molar-refractivity contribution is 7.27. The zero-order valence-electron chi connectivity index (χ0n) is 54.3. The summed E-state index contributed by atoms with van der Waals surface area (Å²) >= 11 is 7.25. The molecule has 22 rings (SSSR count). The fourth-order valence-electron chi connectivity index (χ4n) is 15.0. The molecule has 102 heavy (non-hydrogen) atoms. The summed E-state index contributed by atoms with van der Waals surface area (Å²) in [4.78, 5) is 21.3. The summed E-state index contributed by atoms with van der Waals surface area (Å²) in [5, 5.41) is 12.0. The topological polar surface area (TPSA) is 77.8 Å². The van der Waals surface area contributed by atoms with Gasteiger partial charge in [-0.05, 0) is 94.0 Å². The van der Waals surface area contributed by atoms with Gasteiger partial charge in [0, 0.05) is 115 Å². The molecule has 0 saturated heterocycles. The van der Waals surface area contributed by atoms with Crippen LogP contribution in [0.3, 0.4) is 0 Å². The first kappa shape index (κ1) is 58.7. The predicted molar refractivity (Wildman–Crippen MR) is 434 cm³/mol. The molecule has 0 unspecified atom stereocenters. The number of hydrogen-bond acceptors (Lipinski definition) is 10. The van der Waals surface area contributed by atoms with E-state index in [0.717, 1.165) is 131 Å². The number of rotatable bonds is 8. The van der Waals surface area contributed by atoms with Crippen LogP contribution in [0.1, 0.15) is 0 Å². The molecular formula is C92H52N4O2S4. The first-order chi connectivity index (χ1) is 50.5. The largest absolute Gasteiger partial charge is 0.455 e. The third-order valence-electron chi connectivity index (χ3n) is 19.8. The second kappa shape index (κ2) is 23.7. The van der Waals surface area contributed by atoms with Gasteiger partial charge in [0.05, 0.1) is 31.8 Å². The molecule has 22 aromatic rings. The van der Waals surface area contributed by atoms with Crippen LogP contribution in [-0.2, 0) is 0 Å². The second-order valence-electron chi connectivity index (χ2n) is 25.8. The summed E-state index contributed by atoms with van der Waals surface area (Å²) in [6.07, 6.45) is 0. The van der Waals surface area contributed by atoms with Crippen molar-refractivity contribution >= 4 is 170 Å². The van der Waals surface area contributed by atoms with Crippen molar-refractivity contribution < 1.29 is 8.83 Å². The van der Waals surface area contributed by atoms with Crippen molar-refractivity contribution in [1.29, 1.82) is 0 Å². The summed E-state index contributed by atoms with van der Waals surface area (Å²) in [6, 6.07) is 112. The highest BCUT2D eigenvalue weighted by atomic mass is 32.1. The van der Waals surface area contributed by atoms with Crippen LogP contribution in [0.2, 0.25) is 0 Å². The van der Waals surface area contributed by atoms with E-state index in [-0.39, 0.29) is 0 Å². The molecule has 0 fully saturated rings. The van der Waals surface area contributed by atoms with E-state index in [2.05, 4.69) is 291 Å². The maximum absolute atomic E-state index is 6.43. The second-order valence-corrected chi connectivity index (χ2v) is 30.0. The zero-order valence-corrected chi connectivity index (χ0v) is 57.5. The minimum absolute atomic E-state index is 0.685. The van der Waals surface area contributed by atoms with E-state index >= 15 is 0 Å². The van der Waals surface area contributed by atoms with Crippen molar-refractivity contribution in [2.24, 2.45) is 0 Å². The van der Waals surface area contributed by atoms with E-state index in [1.165, 1.54) is 77.4 Å². The molecule has 476 valence electrons. The lowest BCUT2D eigenvalue weighted by Gasteiger charge is -2.11. The Labute approximate surface area is 599 Å². The number of fused-ring (bicyclic) bond motifs is 18. The summed E-state index contributed by atoms with van der Waals surface area (Å²) in [7, 11) is 0. The van der Waals surface area contributed by atoms with Gasteiger partial charge in [0.1, 0.15) is 22.3 Å². The lowest BCUT2D eigenvalue weighted by atomic mass is 9.99. The Morgan fingerprint density at radius 1 is 0.206 bits per heavy atom. The quantitative estimate of drug-likeness (QED) is 0.151. The van der Waals surface area contributed by atoms with E-state index in [1.54, 1.807) is 22.7 Å². The Balaban J connectivity index is 0.000000133. The van der Waals surface area contributed by atoms with Crippen LogP contribution in [0.4, 0.5) is 0 Å². The van der Waals surface area contributed by atoms with Gasteiger partial charge in [-0.2, -0.15) is 0 Å². The van der Waals surface area contributed by atoms with Gasteiger partial charge in [0.15, 0.2) is 11.6 Å². The number of furan rings is 2. The number of nitrogens with zero attached hydrogens (tertiary/aromatic N) is 4. The number of benzene rings is 14. The molecule has 8 heterocycles. The SMILES string of the molecule is c1cc(-c2nc(-c3cccc(-c4cccc5c4oc4ccccc45)c3)c3sc4ccccc4c3n2)cc(-c2cccc3c2oc2ccccc23)c1.c1cc(-c2nc(-c3cccc(-c4cccc5c4sc4ccccc45)c3)c3sc4ccccc4c3n2)cc(-c2cccc3c2sc2ccccc23)c1. The molecule has 10 heteroatoms. The lowest BCUT2D eigenvalue weighted by molar-refractivity contribution is 0.669. The Bertz CT molecular complexity index is 6760. The Hall–Kier alpha value is -12.3. The van der Waals surface area contributed by atoms with Gasteiger partial charge in [-0.1, -0.05) is 255 Å². The number of para-hydroxylation sites is 4. The highest BCUT2D eigenvalue weighted by Gasteiger charge is 2.23. The van der Waals surface area contributed by atoms with Crippen molar-refractivity contribution in [2.75, 3.05) is 0 Å². The number of hydrogen-bond donors (Lipinski definition) is 0. The average molecular weight is 1370 g/mol. The first-order valence-corrected chi connectivity index (χ1v) is 37.2. The van der Waals surface area contributed by atoms with E-state index in [0.29, 0.717) is 5.82 Å². The van der Waals surface area contributed by atoms with E-state index in [1.807, 2.05) is 46.9 Å². The fourth-order valence-corrected chi connectivity index (χ4v) is 19.8. The predicted octanol–water partition coefficient (Wildman–Crippen LogP) is 27.6. The van der Waals surface area contributed by atoms with Crippen molar-refractivity contribution in [1.82, 2.24) is 19.9 Å².